The summed E-state index contributed by atoms with van der Waals surface area (Å²) in [7, 11) is 1.71. The van der Waals surface area contributed by atoms with E-state index < -0.39 is 0 Å². The minimum Gasteiger partial charge on any atom is -0.355 e. The molecule has 0 amide bonds. The Hall–Kier alpha value is -1.71. The van der Waals surface area contributed by atoms with Crippen LogP contribution in [0.1, 0.15) is 28.8 Å². The molecule has 0 bridgehead atoms. The average Bonchev–Trinajstić information content (AvgIpc) is 3.09. The molecule has 0 saturated carbocycles. The Morgan fingerprint density at radius 1 is 1.32 bits per heavy atom. The van der Waals surface area contributed by atoms with E-state index >= 15 is 0 Å². The number of rotatable bonds is 3. The molecule has 3 heterocycles. The lowest BCUT2D eigenvalue weighted by Gasteiger charge is -2.46. The second-order valence-corrected chi connectivity index (χ2v) is 7.89. The van der Waals surface area contributed by atoms with Gasteiger partial charge in [-0.25, -0.2) is 4.85 Å². The van der Waals surface area contributed by atoms with Crippen molar-refractivity contribution in [3.8, 4) is 0 Å². The lowest BCUT2D eigenvalue weighted by atomic mass is 9.82. The van der Waals surface area contributed by atoms with Crippen molar-refractivity contribution in [2.75, 3.05) is 20.2 Å². The summed E-state index contributed by atoms with van der Waals surface area (Å²) in [5.41, 5.74) is 2.29. The molecule has 2 aliphatic heterocycles. The molecule has 1 spiro atoms. The molecule has 1 fully saturated rings. The first kappa shape index (κ1) is 16.7. The van der Waals surface area contributed by atoms with Crippen molar-refractivity contribution in [2.45, 2.75) is 37.7 Å². The molecule has 25 heavy (non-hydrogen) atoms. The Labute approximate surface area is 152 Å². The normalized spacial score (nSPS) is 22.5. The second-order valence-electron chi connectivity index (χ2n) is 6.78. The summed E-state index contributed by atoms with van der Waals surface area (Å²) in [5.74, 6) is 0. The highest BCUT2D eigenvalue weighted by Gasteiger charge is 2.44. The predicted molar refractivity (Wildman–Crippen MR) is 98.8 cm³/mol. The van der Waals surface area contributed by atoms with E-state index in [4.69, 9.17) is 16.0 Å². The van der Waals surface area contributed by atoms with Crippen LogP contribution in [0.2, 0.25) is 0 Å². The lowest BCUT2D eigenvalue weighted by Crippen LogP contribution is -2.48. The van der Waals surface area contributed by atoms with Gasteiger partial charge in [0.2, 0.25) is 5.00 Å². The molecule has 1 saturated heterocycles. The lowest BCUT2D eigenvalue weighted by molar-refractivity contribution is -0.226. The van der Waals surface area contributed by atoms with Gasteiger partial charge in [-0.3, -0.25) is 4.90 Å². The summed E-state index contributed by atoms with van der Waals surface area (Å²) in [4.78, 5) is 7.39. The number of hydrogen-bond acceptors (Lipinski definition) is 4. The number of methoxy groups -OCH3 is 1. The van der Waals surface area contributed by atoms with Crippen molar-refractivity contribution in [3.05, 3.63) is 63.8 Å². The minimum atomic E-state index is -0.291. The van der Waals surface area contributed by atoms with E-state index in [-0.39, 0.29) is 11.9 Å². The van der Waals surface area contributed by atoms with Crippen LogP contribution in [0.25, 0.3) is 4.85 Å². The van der Waals surface area contributed by atoms with E-state index in [0.29, 0.717) is 0 Å². The molecule has 4 rings (SSSR count). The van der Waals surface area contributed by atoms with Gasteiger partial charge in [-0.05, 0) is 30.0 Å². The molecule has 1 aromatic heterocycles. The van der Waals surface area contributed by atoms with Gasteiger partial charge in [-0.2, -0.15) is 11.3 Å². The zero-order chi connectivity index (χ0) is 17.3. The molecule has 1 atom stereocenters. The number of nitrogens with zero attached hydrogens (tertiary/aromatic N) is 2. The fourth-order valence-corrected chi connectivity index (χ4v) is 5.00. The fraction of sp³-hybridized carbons (Fsp3) is 0.450. The maximum Gasteiger partial charge on any atom is 0.241 e. The minimum absolute atomic E-state index is 0.203. The third-order valence-corrected chi connectivity index (χ3v) is 6.33. The monoisotopic (exact) mass is 354 g/mol. The number of hydrogen-bond donors (Lipinski definition) is 0. The van der Waals surface area contributed by atoms with Crippen molar-refractivity contribution >= 4 is 16.3 Å². The first-order valence-corrected chi connectivity index (χ1v) is 9.51. The van der Waals surface area contributed by atoms with Crippen LogP contribution in [0, 0.1) is 6.57 Å². The van der Waals surface area contributed by atoms with Gasteiger partial charge in [-0.1, -0.05) is 30.3 Å². The molecular weight excluding hydrogens is 332 g/mol. The summed E-state index contributed by atoms with van der Waals surface area (Å²) >= 11 is 1.60. The van der Waals surface area contributed by atoms with Crippen LogP contribution >= 0.6 is 11.3 Å². The molecular formula is C20H22N2O2S. The topological polar surface area (TPSA) is 26.1 Å². The smallest absolute Gasteiger partial charge is 0.241 e. The molecule has 1 unspecified atom stereocenters. The highest BCUT2D eigenvalue weighted by Crippen LogP contribution is 2.48. The molecule has 4 nitrogen and oxygen atoms in total. The Bertz CT molecular complexity index is 773. The second kappa shape index (κ2) is 6.89. The van der Waals surface area contributed by atoms with Crippen LogP contribution in [0.15, 0.2) is 36.4 Å². The molecule has 0 N–H and O–H groups in total. The largest absolute Gasteiger partial charge is 0.355 e. The van der Waals surface area contributed by atoms with Crippen LogP contribution in [0.4, 0.5) is 5.00 Å². The van der Waals surface area contributed by atoms with Crippen LogP contribution < -0.4 is 0 Å². The van der Waals surface area contributed by atoms with Gasteiger partial charge >= 0.3 is 0 Å². The highest BCUT2D eigenvalue weighted by atomic mass is 32.1. The van der Waals surface area contributed by atoms with Crippen LogP contribution in [-0.4, -0.2) is 31.4 Å². The number of thiophene rings is 1. The maximum absolute atomic E-state index is 7.33. The van der Waals surface area contributed by atoms with Gasteiger partial charge in [0.1, 0.15) is 0 Å². The van der Waals surface area contributed by atoms with Crippen LogP contribution in [0.3, 0.4) is 0 Å². The van der Waals surface area contributed by atoms with Gasteiger partial charge in [0.25, 0.3) is 0 Å². The Morgan fingerprint density at radius 3 is 2.76 bits per heavy atom. The first-order valence-electron chi connectivity index (χ1n) is 8.70. The van der Waals surface area contributed by atoms with Crippen molar-refractivity contribution < 1.29 is 9.47 Å². The summed E-state index contributed by atoms with van der Waals surface area (Å²) in [6, 6.07) is 12.7. The van der Waals surface area contributed by atoms with Crippen molar-refractivity contribution in [3.63, 3.8) is 0 Å². The SMILES string of the molecule is [C-]#[N+]c1cc2c(s1)CC(OC)OC21CCN(Cc2ccccc2)CC1. The van der Waals surface area contributed by atoms with E-state index in [2.05, 4.69) is 40.1 Å². The quantitative estimate of drug-likeness (QED) is 0.767. The Kier molecular flexibility index (Phi) is 4.61. The molecule has 1 aromatic carbocycles. The Balaban J connectivity index is 1.53. The van der Waals surface area contributed by atoms with Gasteiger partial charge in [0, 0.05) is 38.0 Å². The summed E-state index contributed by atoms with van der Waals surface area (Å²) in [6.45, 7) is 10.3. The summed E-state index contributed by atoms with van der Waals surface area (Å²) in [6.07, 6.45) is 2.44. The molecule has 2 aromatic rings. The van der Waals surface area contributed by atoms with Gasteiger partial charge in [0.05, 0.1) is 12.2 Å². The first-order chi connectivity index (χ1) is 12.2. The third kappa shape index (κ3) is 3.23. The van der Waals surface area contributed by atoms with Gasteiger partial charge in [0.15, 0.2) is 6.29 Å². The van der Waals surface area contributed by atoms with E-state index in [1.807, 2.05) is 6.07 Å². The number of fused-ring (bicyclic) bond motifs is 2. The molecule has 130 valence electrons. The van der Waals surface area contributed by atoms with Crippen molar-refractivity contribution in [1.29, 1.82) is 0 Å². The number of likely N-dealkylation sites (tertiary alicyclic amines) is 1. The van der Waals surface area contributed by atoms with E-state index in [1.54, 1.807) is 18.4 Å². The number of ether oxygens (including phenoxy) is 2. The van der Waals surface area contributed by atoms with Crippen LogP contribution in [-0.2, 0) is 28.0 Å². The van der Waals surface area contributed by atoms with Gasteiger partial charge < -0.3 is 9.47 Å². The van der Waals surface area contributed by atoms with Crippen molar-refractivity contribution in [2.24, 2.45) is 0 Å². The summed E-state index contributed by atoms with van der Waals surface area (Å²) in [5, 5.41) is 0.761. The highest BCUT2D eigenvalue weighted by molar-refractivity contribution is 7.16. The molecule has 2 aliphatic rings. The summed E-state index contributed by atoms with van der Waals surface area (Å²) < 4.78 is 11.9. The van der Waals surface area contributed by atoms with E-state index in [1.165, 1.54) is 16.0 Å². The molecule has 0 radical (unpaired) electrons. The van der Waals surface area contributed by atoms with Gasteiger partial charge in [-0.15, -0.1) is 0 Å². The zero-order valence-corrected chi connectivity index (χ0v) is 15.2. The number of piperidine rings is 1. The average molecular weight is 354 g/mol. The molecule has 0 aliphatic carbocycles. The standard InChI is InChI=1S/C20H22N2O2S/c1-21-18-12-16-17(25-18)13-19(23-2)24-20(16)8-10-22(11-9-20)14-15-6-4-3-5-7-15/h3-7,12,19H,8-11,13-14H2,2H3. The molecule has 5 heteroatoms. The van der Waals surface area contributed by atoms with E-state index in [9.17, 15) is 0 Å². The number of benzene rings is 1. The maximum atomic E-state index is 7.33. The fourth-order valence-electron chi connectivity index (χ4n) is 3.95. The predicted octanol–water partition coefficient (Wildman–Crippen LogP) is 4.34. The van der Waals surface area contributed by atoms with E-state index in [0.717, 1.165) is 43.9 Å². The Morgan fingerprint density at radius 2 is 2.08 bits per heavy atom. The zero-order valence-electron chi connectivity index (χ0n) is 14.4. The van der Waals surface area contributed by atoms with Crippen LogP contribution in [0.5, 0.6) is 0 Å². The third-order valence-electron chi connectivity index (χ3n) is 5.28. The van der Waals surface area contributed by atoms with Crippen molar-refractivity contribution in [1.82, 2.24) is 4.90 Å².